The van der Waals surface area contributed by atoms with Crippen LogP contribution in [0.25, 0.3) is 0 Å². The Balaban J connectivity index is 2.17. The molecule has 0 aliphatic carbocycles. The van der Waals surface area contributed by atoms with Crippen molar-refractivity contribution in [2.24, 2.45) is 50.9 Å². The molecular weight excluding hydrogens is 991 g/mol. The van der Waals surface area contributed by atoms with Crippen LogP contribution >= 0.6 is 11.9 Å². The maximum atomic E-state index is 14.1. The van der Waals surface area contributed by atoms with Gasteiger partial charge in [-0.1, -0.05) is 12.5 Å². The molecular formula is C43H77N19O11S. The van der Waals surface area contributed by atoms with E-state index in [1.54, 1.807) is 0 Å². The summed E-state index contributed by atoms with van der Waals surface area (Å²) in [6.07, 6.45) is 5.85. The van der Waals surface area contributed by atoms with Gasteiger partial charge < -0.3 is 97.9 Å². The van der Waals surface area contributed by atoms with Crippen molar-refractivity contribution in [1.82, 2.24) is 51.5 Å². The average Bonchev–Trinajstić information content (AvgIpc) is 4.09. The number of hydrogen-bond donors (Lipinski definition) is 18. The molecule has 74 heavy (non-hydrogen) atoms. The number of aliphatic carboxylic acids is 1. The van der Waals surface area contributed by atoms with E-state index in [0.717, 1.165) is 0 Å². The van der Waals surface area contributed by atoms with E-state index in [-0.39, 0.29) is 77.1 Å². The smallest absolute Gasteiger partial charge is 0.352 e. The van der Waals surface area contributed by atoms with Crippen LogP contribution in [-0.2, 0) is 49.6 Å². The summed E-state index contributed by atoms with van der Waals surface area (Å²) in [7, 11) is 0. The van der Waals surface area contributed by atoms with Crippen LogP contribution in [0.3, 0.4) is 0 Å². The molecule has 1 fully saturated rings. The average molecular weight is 1070 g/mol. The van der Waals surface area contributed by atoms with Crippen molar-refractivity contribution in [3.8, 4) is 0 Å². The second-order valence-electron chi connectivity index (χ2n) is 17.2. The zero-order chi connectivity index (χ0) is 55.2. The molecule has 1 aromatic rings. The number of H-pyrrole nitrogens is 1. The monoisotopic (exact) mass is 1070 g/mol. The highest BCUT2D eigenvalue weighted by atomic mass is 32.2. The van der Waals surface area contributed by atoms with E-state index in [0.29, 0.717) is 56.3 Å². The second-order valence-corrected chi connectivity index (χ2v) is 18.0. The topological polar surface area (TPSA) is 531 Å². The lowest BCUT2D eigenvalue weighted by Crippen LogP contribution is -2.62. The summed E-state index contributed by atoms with van der Waals surface area (Å²) in [4.78, 5) is 132. The Bertz CT molecular complexity index is 2050. The minimum absolute atomic E-state index is 0.0502. The van der Waals surface area contributed by atoms with E-state index >= 15 is 0 Å². The lowest BCUT2D eigenvalue weighted by Gasteiger charge is -2.29. The van der Waals surface area contributed by atoms with E-state index in [1.807, 2.05) is 0 Å². The van der Waals surface area contributed by atoms with Gasteiger partial charge >= 0.3 is 5.97 Å². The van der Waals surface area contributed by atoms with Crippen molar-refractivity contribution in [3.63, 3.8) is 0 Å². The Kier molecular flexibility index (Phi) is 30.2. The molecule has 0 aromatic carbocycles. The molecule has 1 aromatic heterocycles. The number of nitrogens with one attached hydrogen (secondary N) is 8. The van der Waals surface area contributed by atoms with Gasteiger partial charge in [0.25, 0.3) is 0 Å². The second kappa shape index (κ2) is 35.0. The predicted molar refractivity (Wildman–Crippen MR) is 273 cm³/mol. The molecule has 30 nitrogen and oxygen atoms in total. The van der Waals surface area contributed by atoms with Crippen LogP contribution in [0.4, 0.5) is 0 Å². The number of carboxylic acid groups (broad SMARTS) is 1. The maximum absolute atomic E-state index is 14.1. The van der Waals surface area contributed by atoms with Crippen molar-refractivity contribution in [1.29, 1.82) is 0 Å². The quantitative estimate of drug-likeness (QED) is 0.00976. The minimum atomic E-state index is -1.61. The molecule has 7 amide bonds. The van der Waals surface area contributed by atoms with Gasteiger partial charge in [-0.15, -0.1) is 0 Å². The van der Waals surface area contributed by atoms with E-state index < -0.39 is 126 Å². The maximum Gasteiger partial charge on any atom is 0.352 e. The third-order valence-electron chi connectivity index (χ3n) is 11.4. The highest BCUT2D eigenvalue weighted by molar-refractivity contribution is 8.12. The van der Waals surface area contributed by atoms with Crippen LogP contribution in [0.1, 0.15) is 76.3 Å². The summed E-state index contributed by atoms with van der Waals surface area (Å²) in [5, 5.41) is 34.2. The molecule has 0 bridgehead atoms. The first-order chi connectivity index (χ1) is 35.3. The Hall–Kier alpha value is -6.32. The zero-order valence-electron chi connectivity index (χ0n) is 41.4. The standard InChI is InChI=1S/C43H77N19O11S/c44-13-3-1-8-25(49)35(65)60-34(32(63)20-48)39(69)59-30(19-47)36(66)54-22-33(64)56-27(10-5-15-46)40(70)62-17-7-12-31(62)42(73)74-61-29(18-24-21-52-23-55-24)38(68)57-26(9-2-4-14-45)37(67)58-28(41(71)72)11-6-16-53-43(50)51/h11,21,23,25-27,29-32,34,61,63H,1-10,12-20,22,44-49H2,(H,52,55)(H,54,66)(H,56,64)(H,57,68)(H,58,67)(H,59,69)(H,60,65)(H,71,72)(H4,50,51,53)/b28-11-/t25-,26-,27+,29-,30-,31-,32-,34-/m0/s1. The Morgan fingerprint density at radius 2 is 1.46 bits per heavy atom. The highest BCUT2D eigenvalue weighted by Crippen LogP contribution is 2.24. The number of aliphatic hydroxyl groups is 1. The zero-order valence-corrected chi connectivity index (χ0v) is 42.2. The van der Waals surface area contributed by atoms with Gasteiger partial charge in [0, 0.05) is 44.5 Å². The summed E-state index contributed by atoms with van der Waals surface area (Å²) in [6, 6.07) is -8.71. The van der Waals surface area contributed by atoms with Crippen LogP contribution in [0.2, 0.25) is 0 Å². The highest BCUT2D eigenvalue weighted by Gasteiger charge is 2.39. The minimum Gasteiger partial charge on any atom is -0.477 e. The van der Waals surface area contributed by atoms with Gasteiger partial charge in [-0.25, -0.2) is 14.5 Å². The molecule has 1 saturated heterocycles. The summed E-state index contributed by atoms with van der Waals surface area (Å²) >= 11 is 0.558. The van der Waals surface area contributed by atoms with Gasteiger partial charge in [0.15, 0.2) is 5.96 Å². The summed E-state index contributed by atoms with van der Waals surface area (Å²) < 4.78 is 2.86. The number of nitrogens with two attached hydrogens (primary N) is 8. The van der Waals surface area contributed by atoms with Crippen LogP contribution in [0.5, 0.6) is 0 Å². The van der Waals surface area contributed by atoms with Crippen LogP contribution in [0, 0.1) is 0 Å². The number of likely N-dealkylation sites (tertiary alicyclic amines) is 1. The van der Waals surface area contributed by atoms with E-state index in [2.05, 4.69) is 51.6 Å². The molecule has 0 unspecified atom stereocenters. The fraction of sp³-hybridized carbons (Fsp3) is 0.651. The van der Waals surface area contributed by atoms with Gasteiger partial charge in [0.2, 0.25) is 46.5 Å². The number of carbonyl (C=O) groups excluding carboxylic acids is 8. The number of amides is 7. The third kappa shape index (κ3) is 22.8. The lowest BCUT2D eigenvalue weighted by molar-refractivity contribution is -0.139. The molecule has 26 N–H and O–H groups in total. The molecule has 0 saturated carbocycles. The first-order valence-corrected chi connectivity index (χ1v) is 25.1. The molecule has 8 atom stereocenters. The number of unbranched alkanes of at least 4 members (excludes halogenated alkanes) is 2. The van der Waals surface area contributed by atoms with E-state index in [9.17, 15) is 53.4 Å². The molecule has 1 aliphatic rings. The summed E-state index contributed by atoms with van der Waals surface area (Å²) in [6.45, 7) is -0.582. The number of nitrogens with zero attached hydrogens (tertiary/aromatic N) is 3. The number of aliphatic hydroxyl groups excluding tert-OH is 1. The summed E-state index contributed by atoms with van der Waals surface area (Å²) in [5.41, 5.74) is 44.8. The number of imidazole rings is 1. The molecule has 0 radical (unpaired) electrons. The van der Waals surface area contributed by atoms with Crippen molar-refractivity contribution < 1.29 is 53.4 Å². The van der Waals surface area contributed by atoms with Crippen molar-refractivity contribution >= 4 is 70.3 Å². The Morgan fingerprint density at radius 1 is 0.797 bits per heavy atom. The van der Waals surface area contributed by atoms with Crippen molar-refractivity contribution in [3.05, 3.63) is 30.0 Å². The van der Waals surface area contributed by atoms with Crippen LogP contribution in [-0.4, -0.2) is 184 Å². The van der Waals surface area contributed by atoms with Crippen molar-refractivity contribution in [2.45, 2.75) is 125 Å². The van der Waals surface area contributed by atoms with Gasteiger partial charge in [-0.3, -0.25) is 43.3 Å². The number of carbonyl (C=O) groups is 9. The van der Waals surface area contributed by atoms with Gasteiger partial charge in [-0.05, 0) is 95.8 Å². The fourth-order valence-electron chi connectivity index (χ4n) is 7.31. The molecule has 0 spiro atoms. The van der Waals surface area contributed by atoms with E-state index in [1.165, 1.54) is 23.5 Å². The normalized spacial score (nSPS) is 16.3. The van der Waals surface area contributed by atoms with Gasteiger partial charge in [0.05, 0.1) is 25.0 Å². The lowest BCUT2D eigenvalue weighted by atomic mass is 10.1. The number of aromatic amines is 1. The number of aromatic nitrogens is 2. The first-order valence-electron chi connectivity index (χ1n) is 24.3. The largest absolute Gasteiger partial charge is 0.477 e. The molecule has 416 valence electrons. The van der Waals surface area contributed by atoms with Crippen LogP contribution in [0.15, 0.2) is 29.3 Å². The van der Waals surface area contributed by atoms with Crippen molar-refractivity contribution in [2.75, 3.05) is 52.4 Å². The number of hydrogen-bond acceptors (Lipinski definition) is 20. The number of guanidine groups is 1. The number of rotatable bonds is 36. The van der Waals surface area contributed by atoms with Gasteiger partial charge in [-0.2, -0.15) is 0 Å². The number of aliphatic imine (C=N–C) groups is 1. The summed E-state index contributed by atoms with van der Waals surface area (Å²) in [5.74, 6) is -7.30. The van der Waals surface area contributed by atoms with Gasteiger partial charge in [0.1, 0.15) is 41.9 Å². The molecule has 2 heterocycles. The molecule has 2 rings (SSSR count). The predicted octanol–water partition coefficient (Wildman–Crippen LogP) is -7.52. The molecule has 31 heteroatoms. The fourth-order valence-corrected chi connectivity index (χ4v) is 8.14. The number of carboxylic acids is 1. The Morgan fingerprint density at radius 3 is 2.07 bits per heavy atom. The SMILES string of the molecule is NCCCC[C@H](NC(=O)[C@H](Cc1cnc[nH]1)NSC(=O)[C@@H]1CCCN1C(=O)[C@@H](CCCN)NC(=O)CNC(=O)[C@H](CN)NC(=O)[C@@H](NC(=O)[C@@H](N)CCCCN)[C@@H](O)CN)C(=O)N/C(=C\CCN=C(N)N)C(=O)O. The third-order valence-corrected chi connectivity index (χ3v) is 12.3. The van der Waals surface area contributed by atoms with E-state index in [4.69, 9.17) is 45.9 Å². The first kappa shape index (κ1) is 63.8. The Labute approximate surface area is 432 Å². The molecule has 1 aliphatic heterocycles. The van der Waals surface area contributed by atoms with Crippen LogP contribution < -0.4 is 82.5 Å².